The van der Waals surface area contributed by atoms with Gasteiger partial charge in [0.1, 0.15) is 0 Å². The summed E-state index contributed by atoms with van der Waals surface area (Å²) in [6.07, 6.45) is 8.34. The highest BCUT2D eigenvalue weighted by Gasteiger charge is 2.21. The molecule has 0 radical (unpaired) electrons. The fourth-order valence-corrected chi connectivity index (χ4v) is 4.83. The summed E-state index contributed by atoms with van der Waals surface area (Å²) in [7, 11) is 0. The SMILES string of the molecule is Cc1cc(C)c(C2=CCC(c3c(C)c(C)c(C)c(C)c3C)C=C2)c(C)c1C. The third-order valence-corrected chi connectivity index (χ3v) is 7.17. The van der Waals surface area contributed by atoms with Crippen molar-refractivity contribution in [2.45, 2.75) is 74.7 Å². The Balaban J connectivity index is 2.01. The van der Waals surface area contributed by atoms with E-state index in [9.17, 15) is 0 Å². The Morgan fingerprint density at radius 1 is 0.630 bits per heavy atom. The Labute approximate surface area is 166 Å². The van der Waals surface area contributed by atoms with Gasteiger partial charge in [0.15, 0.2) is 0 Å². The molecular formula is C27H34. The maximum absolute atomic E-state index is 2.46. The summed E-state index contributed by atoms with van der Waals surface area (Å²) in [6.45, 7) is 20.4. The zero-order valence-electron chi connectivity index (χ0n) is 18.6. The van der Waals surface area contributed by atoms with Gasteiger partial charge in [0.2, 0.25) is 0 Å². The fraction of sp³-hybridized carbons (Fsp3) is 0.407. The van der Waals surface area contributed by atoms with Crippen molar-refractivity contribution in [3.05, 3.63) is 85.5 Å². The van der Waals surface area contributed by atoms with Gasteiger partial charge in [0.05, 0.1) is 0 Å². The molecule has 142 valence electrons. The number of aryl methyl sites for hydroxylation is 2. The molecule has 0 heteroatoms. The van der Waals surface area contributed by atoms with Gasteiger partial charge >= 0.3 is 0 Å². The normalized spacial score (nSPS) is 16.6. The summed E-state index contributed by atoms with van der Waals surface area (Å²) < 4.78 is 0. The first kappa shape index (κ1) is 19.7. The molecule has 1 atom stereocenters. The first-order valence-corrected chi connectivity index (χ1v) is 10.2. The number of allylic oxidation sites excluding steroid dienone is 4. The topological polar surface area (TPSA) is 0 Å². The Morgan fingerprint density at radius 3 is 1.70 bits per heavy atom. The molecule has 0 spiro atoms. The second-order valence-corrected chi connectivity index (χ2v) is 8.53. The van der Waals surface area contributed by atoms with Gasteiger partial charge in [-0.2, -0.15) is 0 Å². The van der Waals surface area contributed by atoms with E-state index >= 15 is 0 Å². The molecule has 0 heterocycles. The van der Waals surface area contributed by atoms with Crippen molar-refractivity contribution >= 4 is 5.57 Å². The largest absolute Gasteiger partial charge is 0.0761 e. The average Bonchev–Trinajstić information content (AvgIpc) is 2.64. The summed E-state index contributed by atoms with van der Waals surface area (Å²) in [5, 5.41) is 0. The standard InChI is InChI=1S/C27H34/c1-15-14-16(2)26(21(7)17(15)3)24-10-12-25(13-11-24)27-22(8)19(5)18(4)20(6)23(27)9/h10-12,14,25H,13H2,1-9H3. The van der Waals surface area contributed by atoms with Crippen LogP contribution >= 0.6 is 0 Å². The molecule has 2 aromatic rings. The minimum atomic E-state index is 0.485. The molecule has 0 bridgehead atoms. The first-order valence-electron chi connectivity index (χ1n) is 10.2. The van der Waals surface area contributed by atoms with Gasteiger partial charge in [-0.25, -0.2) is 0 Å². The van der Waals surface area contributed by atoms with Crippen LogP contribution in [0.15, 0.2) is 24.3 Å². The highest BCUT2D eigenvalue weighted by molar-refractivity contribution is 5.80. The Kier molecular flexibility index (Phi) is 5.21. The van der Waals surface area contributed by atoms with Crippen LogP contribution in [0.3, 0.4) is 0 Å². The van der Waals surface area contributed by atoms with E-state index in [-0.39, 0.29) is 0 Å². The first-order chi connectivity index (χ1) is 12.6. The number of benzene rings is 2. The van der Waals surface area contributed by atoms with Crippen LogP contribution in [0, 0.1) is 62.3 Å². The van der Waals surface area contributed by atoms with Gasteiger partial charge in [-0.15, -0.1) is 0 Å². The van der Waals surface area contributed by atoms with E-state index in [1.165, 1.54) is 66.8 Å². The smallest absolute Gasteiger partial charge is 0.00615 e. The van der Waals surface area contributed by atoms with Crippen LogP contribution in [-0.2, 0) is 0 Å². The lowest BCUT2D eigenvalue weighted by Gasteiger charge is -2.26. The van der Waals surface area contributed by atoms with E-state index in [2.05, 4.69) is 86.6 Å². The van der Waals surface area contributed by atoms with Gasteiger partial charge in [-0.1, -0.05) is 24.3 Å². The molecule has 27 heavy (non-hydrogen) atoms. The molecule has 0 fully saturated rings. The second kappa shape index (κ2) is 7.15. The molecule has 0 aliphatic heterocycles. The third kappa shape index (κ3) is 3.20. The van der Waals surface area contributed by atoms with Gasteiger partial charge < -0.3 is 0 Å². The molecule has 0 N–H and O–H groups in total. The van der Waals surface area contributed by atoms with Gasteiger partial charge in [-0.05, 0) is 136 Å². The number of hydrogen-bond acceptors (Lipinski definition) is 0. The van der Waals surface area contributed by atoms with Gasteiger partial charge in [0, 0.05) is 5.92 Å². The molecule has 2 aromatic carbocycles. The van der Waals surface area contributed by atoms with Crippen LogP contribution in [0.4, 0.5) is 0 Å². The fourth-order valence-electron chi connectivity index (χ4n) is 4.83. The predicted molar refractivity (Wildman–Crippen MR) is 120 cm³/mol. The van der Waals surface area contributed by atoms with Crippen molar-refractivity contribution in [1.82, 2.24) is 0 Å². The Hall–Kier alpha value is -2.08. The minimum absolute atomic E-state index is 0.485. The van der Waals surface area contributed by atoms with Crippen molar-refractivity contribution in [3.8, 4) is 0 Å². The minimum Gasteiger partial charge on any atom is -0.0761 e. The lowest BCUT2D eigenvalue weighted by atomic mass is 9.79. The van der Waals surface area contributed by atoms with Crippen molar-refractivity contribution in [2.24, 2.45) is 0 Å². The van der Waals surface area contributed by atoms with E-state index in [1.54, 1.807) is 0 Å². The molecule has 1 aliphatic carbocycles. The van der Waals surface area contributed by atoms with Crippen LogP contribution in [-0.4, -0.2) is 0 Å². The van der Waals surface area contributed by atoms with E-state index in [1.807, 2.05) is 0 Å². The maximum Gasteiger partial charge on any atom is 0.00615 e. The third-order valence-electron chi connectivity index (χ3n) is 7.17. The average molecular weight is 359 g/mol. The summed E-state index contributed by atoms with van der Waals surface area (Å²) in [5.41, 5.74) is 17.3. The van der Waals surface area contributed by atoms with E-state index < -0.39 is 0 Å². The molecule has 0 saturated carbocycles. The molecule has 0 nitrogen and oxygen atoms in total. The van der Waals surface area contributed by atoms with Crippen LogP contribution in [0.1, 0.15) is 73.5 Å². The predicted octanol–water partition coefficient (Wildman–Crippen LogP) is 7.59. The summed E-state index contributed by atoms with van der Waals surface area (Å²) in [6, 6.07) is 2.33. The summed E-state index contributed by atoms with van der Waals surface area (Å²) >= 11 is 0. The van der Waals surface area contributed by atoms with Crippen molar-refractivity contribution in [2.75, 3.05) is 0 Å². The molecule has 3 rings (SSSR count). The van der Waals surface area contributed by atoms with E-state index in [0.29, 0.717) is 5.92 Å². The van der Waals surface area contributed by atoms with Crippen molar-refractivity contribution in [1.29, 1.82) is 0 Å². The molecule has 0 amide bonds. The Bertz CT molecular complexity index is 951. The quantitative estimate of drug-likeness (QED) is 0.519. The van der Waals surface area contributed by atoms with E-state index in [4.69, 9.17) is 0 Å². The molecule has 0 saturated heterocycles. The highest BCUT2D eigenvalue weighted by atomic mass is 14.3. The lowest BCUT2D eigenvalue weighted by Crippen LogP contribution is -2.09. The van der Waals surface area contributed by atoms with Crippen LogP contribution in [0.25, 0.3) is 5.57 Å². The van der Waals surface area contributed by atoms with Crippen molar-refractivity contribution in [3.63, 3.8) is 0 Å². The van der Waals surface area contributed by atoms with Crippen LogP contribution in [0.5, 0.6) is 0 Å². The lowest BCUT2D eigenvalue weighted by molar-refractivity contribution is 0.831. The number of hydrogen-bond donors (Lipinski definition) is 0. The van der Waals surface area contributed by atoms with Gasteiger partial charge in [-0.3, -0.25) is 0 Å². The molecule has 1 unspecified atom stereocenters. The zero-order chi connectivity index (χ0) is 20.0. The molecule has 0 aromatic heterocycles. The molecule has 1 aliphatic rings. The molecular weight excluding hydrogens is 324 g/mol. The maximum atomic E-state index is 2.46. The van der Waals surface area contributed by atoms with Gasteiger partial charge in [0.25, 0.3) is 0 Å². The monoisotopic (exact) mass is 358 g/mol. The summed E-state index contributed by atoms with van der Waals surface area (Å²) in [5.74, 6) is 0.485. The van der Waals surface area contributed by atoms with Crippen LogP contribution in [0.2, 0.25) is 0 Å². The van der Waals surface area contributed by atoms with E-state index in [0.717, 1.165) is 6.42 Å². The van der Waals surface area contributed by atoms with Crippen molar-refractivity contribution < 1.29 is 0 Å². The Morgan fingerprint density at radius 2 is 1.19 bits per heavy atom. The zero-order valence-corrected chi connectivity index (χ0v) is 18.6. The second-order valence-electron chi connectivity index (χ2n) is 8.53. The van der Waals surface area contributed by atoms with Crippen LogP contribution < -0.4 is 0 Å². The highest BCUT2D eigenvalue weighted by Crippen LogP contribution is 2.39. The summed E-state index contributed by atoms with van der Waals surface area (Å²) in [4.78, 5) is 0. The number of rotatable bonds is 2.